The molecule has 1 heterocycles. The highest BCUT2D eigenvalue weighted by Gasteiger charge is 2.42. The van der Waals surface area contributed by atoms with Crippen LogP contribution in [0.15, 0.2) is 0 Å². The third-order valence-electron chi connectivity index (χ3n) is 2.03. The summed E-state index contributed by atoms with van der Waals surface area (Å²) in [5, 5.41) is 0. The fraction of sp³-hybridized carbons (Fsp3) is 0.800. The predicted molar refractivity (Wildman–Crippen MR) is 53.6 cm³/mol. The third kappa shape index (κ3) is 2.92. The van der Waals surface area contributed by atoms with Crippen molar-refractivity contribution in [3.8, 4) is 0 Å². The molecule has 0 aromatic heterocycles. The molecule has 86 valence electrons. The van der Waals surface area contributed by atoms with Gasteiger partial charge in [0.25, 0.3) is 0 Å². The van der Waals surface area contributed by atoms with Crippen LogP contribution in [0.25, 0.3) is 0 Å². The monoisotopic (exact) mass is 215 g/mol. The van der Waals surface area contributed by atoms with E-state index in [1.165, 1.54) is 12.0 Å². The van der Waals surface area contributed by atoms with Crippen molar-refractivity contribution < 1.29 is 19.1 Å². The van der Waals surface area contributed by atoms with Crippen molar-refractivity contribution in [1.29, 1.82) is 0 Å². The van der Waals surface area contributed by atoms with Crippen molar-refractivity contribution in [3.05, 3.63) is 0 Å². The number of carbonyl (C=O) groups excluding carboxylic acids is 2. The van der Waals surface area contributed by atoms with Gasteiger partial charge in [0.15, 0.2) is 5.78 Å². The summed E-state index contributed by atoms with van der Waals surface area (Å²) in [6, 6.07) is -0.468. The Kier molecular flexibility index (Phi) is 3.34. The van der Waals surface area contributed by atoms with Gasteiger partial charge in [-0.2, -0.15) is 0 Å². The molecule has 0 aliphatic carbocycles. The Morgan fingerprint density at radius 1 is 1.53 bits per heavy atom. The third-order valence-corrected chi connectivity index (χ3v) is 2.03. The molecule has 1 aliphatic heterocycles. The molecule has 5 heteroatoms. The summed E-state index contributed by atoms with van der Waals surface area (Å²) in [5.74, 6) is 0.0164. The number of hydrogen-bond donors (Lipinski definition) is 0. The van der Waals surface area contributed by atoms with Gasteiger partial charge in [0.05, 0.1) is 13.2 Å². The second kappa shape index (κ2) is 4.18. The van der Waals surface area contributed by atoms with Gasteiger partial charge in [-0.25, -0.2) is 4.79 Å². The maximum Gasteiger partial charge on any atom is 0.411 e. The zero-order valence-corrected chi connectivity index (χ0v) is 9.57. The molecule has 1 fully saturated rings. The first-order chi connectivity index (χ1) is 6.85. The highest BCUT2D eigenvalue weighted by Crippen LogP contribution is 2.18. The topological polar surface area (TPSA) is 55.8 Å². The summed E-state index contributed by atoms with van der Waals surface area (Å²) in [5.41, 5.74) is -0.534. The standard InChI is InChI=1S/C10H17NO4/c1-10(2,3)15-9(13)11-5-8(12)7(11)6-14-4/h7H,5-6H2,1-4H3/t7-/m0/s1. The molecule has 5 nitrogen and oxygen atoms in total. The van der Waals surface area contributed by atoms with Crippen molar-refractivity contribution in [1.82, 2.24) is 4.90 Å². The number of rotatable bonds is 2. The van der Waals surface area contributed by atoms with E-state index in [1.807, 2.05) is 0 Å². The van der Waals surface area contributed by atoms with E-state index in [-0.39, 0.29) is 18.9 Å². The molecule has 0 saturated carbocycles. The van der Waals surface area contributed by atoms with Gasteiger partial charge in [0, 0.05) is 7.11 Å². The van der Waals surface area contributed by atoms with E-state index in [9.17, 15) is 9.59 Å². The summed E-state index contributed by atoms with van der Waals surface area (Å²) >= 11 is 0. The maximum absolute atomic E-state index is 11.6. The number of methoxy groups -OCH3 is 1. The SMILES string of the molecule is COC[C@H]1C(=O)CN1C(=O)OC(C)(C)C. The van der Waals surface area contributed by atoms with E-state index >= 15 is 0 Å². The van der Waals surface area contributed by atoms with Crippen LogP contribution < -0.4 is 0 Å². The molecule has 1 rings (SSSR count). The molecular weight excluding hydrogens is 198 g/mol. The van der Waals surface area contributed by atoms with Gasteiger partial charge in [-0.15, -0.1) is 0 Å². The molecule has 0 N–H and O–H groups in total. The summed E-state index contributed by atoms with van der Waals surface area (Å²) in [6.45, 7) is 5.73. The number of nitrogens with zero attached hydrogens (tertiary/aromatic N) is 1. The van der Waals surface area contributed by atoms with Crippen molar-refractivity contribution >= 4 is 11.9 Å². The van der Waals surface area contributed by atoms with E-state index in [4.69, 9.17) is 9.47 Å². The Balaban J connectivity index is 2.51. The van der Waals surface area contributed by atoms with Gasteiger partial charge in [0.2, 0.25) is 0 Å². The van der Waals surface area contributed by atoms with Crippen molar-refractivity contribution in [3.63, 3.8) is 0 Å². The summed E-state index contributed by atoms with van der Waals surface area (Å²) in [6.07, 6.45) is -0.454. The van der Waals surface area contributed by atoms with Gasteiger partial charge in [-0.05, 0) is 20.8 Å². The molecule has 1 atom stereocenters. The molecule has 0 aromatic rings. The lowest BCUT2D eigenvalue weighted by Gasteiger charge is -2.39. The normalized spacial score (nSPS) is 21.2. The second-order valence-corrected chi connectivity index (χ2v) is 4.55. The van der Waals surface area contributed by atoms with E-state index in [0.29, 0.717) is 0 Å². The fourth-order valence-electron chi connectivity index (χ4n) is 1.30. The van der Waals surface area contributed by atoms with Crippen molar-refractivity contribution in [2.45, 2.75) is 32.4 Å². The Labute approximate surface area is 89.3 Å². The number of carbonyl (C=O) groups is 2. The summed E-state index contributed by atoms with van der Waals surface area (Å²) in [4.78, 5) is 24.1. The van der Waals surface area contributed by atoms with Crippen LogP contribution in [0, 0.1) is 0 Å². The smallest absolute Gasteiger partial charge is 0.411 e. The Morgan fingerprint density at radius 3 is 2.53 bits per heavy atom. The fourth-order valence-corrected chi connectivity index (χ4v) is 1.30. The van der Waals surface area contributed by atoms with Crippen LogP contribution in [0.2, 0.25) is 0 Å². The van der Waals surface area contributed by atoms with Crippen molar-refractivity contribution in [2.75, 3.05) is 20.3 Å². The largest absolute Gasteiger partial charge is 0.444 e. The highest BCUT2D eigenvalue weighted by molar-refractivity contribution is 5.97. The minimum Gasteiger partial charge on any atom is -0.444 e. The van der Waals surface area contributed by atoms with E-state index in [1.54, 1.807) is 20.8 Å². The van der Waals surface area contributed by atoms with Crippen molar-refractivity contribution in [2.24, 2.45) is 0 Å². The molecule has 0 aromatic carbocycles. The number of likely N-dealkylation sites (tertiary alicyclic amines) is 1. The predicted octanol–water partition coefficient (Wildman–Crippen LogP) is 0.821. The van der Waals surface area contributed by atoms with E-state index in [0.717, 1.165) is 0 Å². The molecule has 0 spiro atoms. The van der Waals surface area contributed by atoms with E-state index < -0.39 is 17.7 Å². The Bertz CT molecular complexity index is 269. The number of ether oxygens (including phenoxy) is 2. The lowest BCUT2D eigenvalue weighted by atomic mass is 10.0. The first kappa shape index (κ1) is 12.0. The molecule has 1 aliphatic rings. The molecule has 0 unspecified atom stereocenters. The highest BCUT2D eigenvalue weighted by atomic mass is 16.6. The lowest BCUT2D eigenvalue weighted by Crippen LogP contribution is -2.62. The quantitative estimate of drug-likeness (QED) is 0.684. The van der Waals surface area contributed by atoms with Gasteiger partial charge >= 0.3 is 6.09 Å². The van der Waals surface area contributed by atoms with Crippen LogP contribution in [0.4, 0.5) is 4.79 Å². The first-order valence-corrected chi connectivity index (χ1v) is 4.86. The van der Waals surface area contributed by atoms with Crippen LogP contribution in [-0.2, 0) is 14.3 Å². The minimum atomic E-state index is -0.534. The summed E-state index contributed by atoms with van der Waals surface area (Å²) in [7, 11) is 1.50. The zero-order chi connectivity index (χ0) is 11.6. The number of hydrogen-bond acceptors (Lipinski definition) is 4. The zero-order valence-electron chi connectivity index (χ0n) is 9.57. The van der Waals surface area contributed by atoms with Crippen LogP contribution in [0.3, 0.4) is 0 Å². The molecule has 0 bridgehead atoms. The number of Topliss-reactive ketones (excluding diaryl/α,β-unsaturated/α-hetero) is 1. The summed E-state index contributed by atoms with van der Waals surface area (Å²) < 4.78 is 10.0. The number of amides is 1. The average Bonchev–Trinajstić information content (AvgIpc) is 2.07. The molecule has 15 heavy (non-hydrogen) atoms. The molecule has 1 amide bonds. The average molecular weight is 215 g/mol. The molecular formula is C10H17NO4. The molecule has 0 radical (unpaired) electrons. The van der Waals surface area contributed by atoms with Gasteiger partial charge in [-0.3, -0.25) is 9.69 Å². The van der Waals surface area contributed by atoms with Crippen LogP contribution >= 0.6 is 0 Å². The minimum absolute atomic E-state index is 0.0164. The van der Waals surface area contributed by atoms with Crippen LogP contribution in [-0.4, -0.2) is 48.7 Å². The van der Waals surface area contributed by atoms with E-state index in [2.05, 4.69) is 0 Å². The lowest BCUT2D eigenvalue weighted by molar-refractivity contribution is -0.138. The first-order valence-electron chi connectivity index (χ1n) is 4.86. The Morgan fingerprint density at radius 2 is 2.13 bits per heavy atom. The van der Waals surface area contributed by atoms with Gasteiger partial charge in [0.1, 0.15) is 11.6 Å². The van der Waals surface area contributed by atoms with Gasteiger partial charge < -0.3 is 9.47 Å². The maximum atomic E-state index is 11.6. The van der Waals surface area contributed by atoms with Gasteiger partial charge in [-0.1, -0.05) is 0 Å². The second-order valence-electron chi connectivity index (χ2n) is 4.55. The Hall–Kier alpha value is -1.10. The van der Waals surface area contributed by atoms with Crippen LogP contribution in [0.1, 0.15) is 20.8 Å². The molecule has 1 saturated heterocycles. The number of ketones is 1. The van der Waals surface area contributed by atoms with Crippen LogP contribution in [0.5, 0.6) is 0 Å².